The van der Waals surface area contributed by atoms with Crippen LogP contribution in [0.5, 0.6) is 0 Å². The van der Waals surface area contributed by atoms with Gasteiger partial charge in [0.05, 0.1) is 0 Å². The van der Waals surface area contributed by atoms with Gasteiger partial charge in [0.1, 0.15) is 5.82 Å². The topological polar surface area (TPSA) is 0 Å². The third-order valence-electron chi connectivity index (χ3n) is 6.13. The first-order valence-electron chi connectivity index (χ1n) is 12.7. The summed E-state index contributed by atoms with van der Waals surface area (Å²) in [4.78, 5) is 0. The van der Waals surface area contributed by atoms with E-state index in [9.17, 15) is 4.39 Å². The lowest BCUT2D eigenvalue weighted by atomic mass is 9.79. The Morgan fingerprint density at radius 2 is 0.912 bits per heavy atom. The van der Waals surface area contributed by atoms with Crippen molar-refractivity contribution >= 4 is 0 Å². The predicted molar refractivity (Wildman–Crippen MR) is 153 cm³/mol. The second-order valence-electron chi connectivity index (χ2n) is 9.53. The van der Waals surface area contributed by atoms with E-state index >= 15 is 0 Å². The first-order chi connectivity index (χ1) is 15.9. The zero-order valence-electron chi connectivity index (χ0n) is 24.1. The van der Waals surface area contributed by atoms with Gasteiger partial charge < -0.3 is 0 Å². The van der Waals surface area contributed by atoms with Crippen LogP contribution >= 0.6 is 0 Å². The van der Waals surface area contributed by atoms with E-state index in [4.69, 9.17) is 0 Å². The van der Waals surface area contributed by atoms with Crippen molar-refractivity contribution in [1.82, 2.24) is 0 Å². The molecular formula is C33H51F. The molecule has 0 aliphatic rings. The smallest absolute Gasteiger partial charge is 0.123 e. The van der Waals surface area contributed by atoms with E-state index < -0.39 is 0 Å². The molecule has 0 radical (unpaired) electrons. The molecule has 1 heteroatoms. The Bertz CT molecular complexity index is 749. The number of benzene rings is 3. The van der Waals surface area contributed by atoms with Crippen molar-refractivity contribution < 1.29 is 4.39 Å². The van der Waals surface area contributed by atoms with Crippen molar-refractivity contribution in [3.05, 3.63) is 106 Å². The summed E-state index contributed by atoms with van der Waals surface area (Å²) in [6, 6.07) is 23.2. The molecular weight excluding hydrogens is 415 g/mol. The van der Waals surface area contributed by atoms with Gasteiger partial charge in [0.15, 0.2) is 0 Å². The summed E-state index contributed by atoms with van der Waals surface area (Å²) in [6.07, 6.45) is 1.28. The molecule has 0 N–H and O–H groups in total. The molecule has 0 aromatic heterocycles. The molecule has 0 nitrogen and oxygen atoms in total. The molecule has 34 heavy (non-hydrogen) atoms. The highest BCUT2D eigenvalue weighted by molar-refractivity contribution is 5.23. The minimum Gasteiger partial charge on any atom is -0.207 e. The lowest BCUT2D eigenvalue weighted by Gasteiger charge is -2.27. The molecule has 0 atom stereocenters. The van der Waals surface area contributed by atoms with Crippen LogP contribution in [0.1, 0.15) is 82.7 Å². The molecule has 0 heterocycles. The fraction of sp³-hybridized carbons (Fsp3) is 0.455. The normalized spacial score (nSPS) is 9.71. The Labute approximate surface area is 211 Å². The van der Waals surface area contributed by atoms with Crippen LogP contribution in [0.4, 0.5) is 4.39 Å². The van der Waals surface area contributed by atoms with Crippen LogP contribution in [0.2, 0.25) is 0 Å². The first-order valence-corrected chi connectivity index (χ1v) is 12.7. The third-order valence-corrected chi connectivity index (χ3v) is 6.13. The van der Waals surface area contributed by atoms with Gasteiger partial charge in [-0.25, -0.2) is 4.39 Å². The molecule has 3 aromatic carbocycles. The fourth-order valence-electron chi connectivity index (χ4n) is 2.24. The highest BCUT2D eigenvalue weighted by Gasteiger charge is 2.18. The molecule has 0 bridgehead atoms. The Morgan fingerprint density at radius 3 is 1.09 bits per heavy atom. The summed E-state index contributed by atoms with van der Waals surface area (Å²) >= 11 is 0. The van der Waals surface area contributed by atoms with Gasteiger partial charge in [-0.3, -0.25) is 0 Å². The summed E-state index contributed by atoms with van der Waals surface area (Å²) in [7, 11) is 0. The molecule has 0 unspecified atom stereocenters. The van der Waals surface area contributed by atoms with Gasteiger partial charge in [-0.05, 0) is 69.2 Å². The quantitative estimate of drug-likeness (QED) is 0.352. The van der Waals surface area contributed by atoms with E-state index in [-0.39, 0.29) is 5.82 Å². The second-order valence-corrected chi connectivity index (χ2v) is 9.53. The van der Waals surface area contributed by atoms with Crippen LogP contribution in [-0.2, 0) is 0 Å². The average Bonchev–Trinajstić information content (AvgIpc) is 2.82. The molecule has 0 aliphatic heterocycles. The van der Waals surface area contributed by atoms with Crippen molar-refractivity contribution in [2.24, 2.45) is 11.3 Å². The second kappa shape index (κ2) is 19.0. The minimum absolute atomic E-state index is 0.171. The van der Waals surface area contributed by atoms with E-state index in [0.29, 0.717) is 5.41 Å². The molecule has 0 aliphatic carbocycles. The van der Waals surface area contributed by atoms with Crippen molar-refractivity contribution in [1.29, 1.82) is 0 Å². The summed E-state index contributed by atoms with van der Waals surface area (Å²) in [6.45, 7) is 25.8. The van der Waals surface area contributed by atoms with Crippen molar-refractivity contribution in [3.63, 3.8) is 0 Å². The van der Waals surface area contributed by atoms with Crippen LogP contribution in [-0.4, -0.2) is 0 Å². The Hall–Kier alpha value is -2.41. The summed E-state index contributed by atoms with van der Waals surface area (Å²) < 4.78 is 12.1. The van der Waals surface area contributed by atoms with Gasteiger partial charge in [0.25, 0.3) is 0 Å². The van der Waals surface area contributed by atoms with Crippen LogP contribution in [0, 0.1) is 51.8 Å². The molecule has 3 rings (SSSR count). The Balaban J connectivity index is 0. The van der Waals surface area contributed by atoms with E-state index in [0.717, 1.165) is 11.5 Å². The Morgan fingerprint density at radius 1 is 0.618 bits per heavy atom. The van der Waals surface area contributed by atoms with Crippen molar-refractivity contribution in [2.45, 2.75) is 89.5 Å². The lowest BCUT2D eigenvalue weighted by Crippen LogP contribution is -2.17. The lowest BCUT2D eigenvalue weighted by molar-refractivity contribution is 0.240. The minimum atomic E-state index is -0.171. The van der Waals surface area contributed by atoms with Crippen molar-refractivity contribution in [2.75, 3.05) is 0 Å². The summed E-state index contributed by atoms with van der Waals surface area (Å²) in [5, 5.41) is 0. The Kier molecular flexibility index (Phi) is 18.8. The van der Waals surface area contributed by atoms with E-state index in [2.05, 4.69) is 111 Å². The maximum Gasteiger partial charge on any atom is 0.123 e. The van der Waals surface area contributed by atoms with Crippen LogP contribution < -0.4 is 0 Å². The predicted octanol–water partition coefficient (Wildman–Crippen LogP) is 10.8. The molecule has 0 fully saturated rings. The van der Waals surface area contributed by atoms with E-state index in [1.54, 1.807) is 12.1 Å². The van der Waals surface area contributed by atoms with Crippen molar-refractivity contribution in [3.8, 4) is 0 Å². The largest absolute Gasteiger partial charge is 0.207 e. The molecule has 0 amide bonds. The number of hydrogen-bond acceptors (Lipinski definition) is 0. The zero-order valence-corrected chi connectivity index (χ0v) is 24.1. The summed E-state index contributed by atoms with van der Waals surface area (Å²) in [5.74, 6) is 0.642. The zero-order chi connectivity index (χ0) is 26.7. The molecule has 190 valence electrons. The standard InChI is InChI=1S/2C8H10.C8H18.C7H7F.C2H6/c1-7-3-5-8(2)6-4-7;1-7-5-3-4-6-8(7)2;1-6-8(4,5)7(2)3;1-6-2-4-7(8)5-3-6;1-2/h2*3-6H,1-2H3;7H,6H2,1-5H3;2-5H,1H3;1-2H3. The maximum absolute atomic E-state index is 12.1. The van der Waals surface area contributed by atoms with Gasteiger partial charge in [0.2, 0.25) is 0 Å². The molecule has 3 aromatic rings. The van der Waals surface area contributed by atoms with Gasteiger partial charge in [0, 0.05) is 0 Å². The molecule has 0 saturated carbocycles. The number of halogens is 1. The fourth-order valence-corrected chi connectivity index (χ4v) is 2.24. The number of aryl methyl sites for hydroxylation is 5. The van der Waals surface area contributed by atoms with Gasteiger partial charge >= 0.3 is 0 Å². The van der Waals surface area contributed by atoms with Crippen LogP contribution in [0.25, 0.3) is 0 Å². The average molecular weight is 467 g/mol. The highest BCUT2D eigenvalue weighted by Crippen LogP contribution is 2.28. The van der Waals surface area contributed by atoms with Gasteiger partial charge in [-0.2, -0.15) is 0 Å². The maximum atomic E-state index is 12.1. The molecule has 0 saturated heterocycles. The van der Waals surface area contributed by atoms with Gasteiger partial charge in [-0.15, -0.1) is 0 Å². The SMILES string of the molecule is CC.CCC(C)(C)C(C)C.Cc1ccc(C)cc1.Cc1ccc(F)cc1.Cc1ccccc1C. The highest BCUT2D eigenvalue weighted by atomic mass is 19.1. The van der Waals surface area contributed by atoms with E-state index in [1.165, 1.54) is 40.8 Å². The van der Waals surface area contributed by atoms with Gasteiger partial charge in [-0.1, -0.05) is 132 Å². The van der Waals surface area contributed by atoms with Crippen LogP contribution in [0.15, 0.2) is 72.8 Å². The van der Waals surface area contributed by atoms with Crippen LogP contribution in [0.3, 0.4) is 0 Å². The number of hydrogen-bond donors (Lipinski definition) is 0. The summed E-state index contributed by atoms with van der Waals surface area (Å²) in [5.41, 5.74) is 7.03. The first kappa shape index (κ1) is 33.8. The number of rotatable bonds is 2. The third kappa shape index (κ3) is 17.1. The monoisotopic (exact) mass is 466 g/mol. The van der Waals surface area contributed by atoms with E-state index in [1.807, 2.05) is 20.8 Å². The molecule has 0 spiro atoms.